The van der Waals surface area contributed by atoms with Crippen molar-refractivity contribution in [1.82, 2.24) is 4.90 Å². The third-order valence-corrected chi connectivity index (χ3v) is 3.24. The smallest absolute Gasteiger partial charge is 0.0990 e. The van der Waals surface area contributed by atoms with E-state index in [2.05, 4.69) is 11.9 Å². The molecule has 0 unspecified atom stereocenters. The third-order valence-electron chi connectivity index (χ3n) is 3.24. The van der Waals surface area contributed by atoms with Gasteiger partial charge in [-0.1, -0.05) is 19.3 Å². The molecule has 0 spiro atoms. The molecule has 2 rings (SSSR count). The molecule has 74 valence electrons. The molecule has 2 aliphatic rings. The van der Waals surface area contributed by atoms with E-state index < -0.39 is 0 Å². The Morgan fingerprint density at radius 3 is 2.54 bits per heavy atom. The Kier molecular flexibility index (Phi) is 2.87. The minimum absolute atomic E-state index is 0.657. The van der Waals surface area contributed by atoms with Crippen LogP contribution in [0.4, 0.5) is 0 Å². The predicted molar refractivity (Wildman–Crippen MR) is 56.2 cm³/mol. The molecule has 1 heterocycles. The molecule has 0 aromatic heterocycles. The van der Waals surface area contributed by atoms with Crippen LogP contribution in [-0.2, 0) is 0 Å². The van der Waals surface area contributed by atoms with E-state index >= 15 is 0 Å². The standard InChI is InChI=1S/C11H20N2/c1-13-9-5-8-11(13)12-10-6-3-2-4-7-10/h10H,2-9H2,1H3. The van der Waals surface area contributed by atoms with Crippen molar-refractivity contribution in [3.05, 3.63) is 0 Å². The highest BCUT2D eigenvalue weighted by molar-refractivity contribution is 5.83. The number of hydrogen-bond acceptors (Lipinski definition) is 1. The van der Waals surface area contributed by atoms with Gasteiger partial charge in [0.25, 0.3) is 0 Å². The maximum atomic E-state index is 4.86. The second-order valence-electron chi connectivity index (χ2n) is 4.36. The first-order chi connectivity index (χ1) is 6.36. The monoisotopic (exact) mass is 180 g/mol. The number of nitrogens with zero attached hydrogens (tertiary/aromatic N) is 2. The van der Waals surface area contributed by atoms with Crippen LogP contribution >= 0.6 is 0 Å². The summed E-state index contributed by atoms with van der Waals surface area (Å²) in [5.74, 6) is 1.37. The molecule has 2 nitrogen and oxygen atoms in total. The van der Waals surface area contributed by atoms with Gasteiger partial charge in [-0.2, -0.15) is 0 Å². The lowest BCUT2D eigenvalue weighted by molar-refractivity contribution is 0.437. The lowest BCUT2D eigenvalue weighted by atomic mass is 9.96. The van der Waals surface area contributed by atoms with E-state index in [4.69, 9.17) is 4.99 Å². The van der Waals surface area contributed by atoms with Gasteiger partial charge in [0, 0.05) is 20.0 Å². The average molecular weight is 180 g/mol. The SMILES string of the molecule is CN1CCCC1=NC1CCCCC1. The van der Waals surface area contributed by atoms with Crippen LogP contribution in [0, 0.1) is 0 Å². The summed E-state index contributed by atoms with van der Waals surface area (Å²) in [6, 6.07) is 0.657. The van der Waals surface area contributed by atoms with Crippen LogP contribution in [0.3, 0.4) is 0 Å². The van der Waals surface area contributed by atoms with E-state index in [1.807, 2.05) is 0 Å². The first-order valence-corrected chi connectivity index (χ1v) is 5.64. The van der Waals surface area contributed by atoms with E-state index in [1.54, 1.807) is 0 Å². The summed E-state index contributed by atoms with van der Waals surface area (Å²) < 4.78 is 0. The average Bonchev–Trinajstić information content (AvgIpc) is 2.54. The van der Waals surface area contributed by atoms with Crippen molar-refractivity contribution in [2.24, 2.45) is 4.99 Å². The van der Waals surface area contributed by atoms with Crippen LogP contribution in [0.15, 0.2) is 4.99 Å². The fraction of sp³-hybridized carbons (Fsp3) is 0.909. The fourth-order valence-corrected chi connectivity index (χ4v) is 2.38. The van der Waals surface area contributed by atoms with E-state index in [1.165, 1.54) is 57.3 Å². The largest absolute Gasteiger partial charge is 0.363 e. The van der Waals surface area contributed by atoms with Crippen molar-refractivity contribution in [2.75, 3.05) is 13.6 Å². The third kappa shape index (κ3) is 2.23. The molecule has 1 aliphatic carbocycles. The molecule has 0 aromatic rings. The summed E-state index contributed by atoms with van der Waals surface area (Å²) in [6.45, 7) is 1.21. The van der Waals surface area contributed by atoms with Gasteiger partial charge in [0.05, 0.1) is 11.9 Å². The van der Waals surface area contributed by atoms with Crippen molar-refractivity contribution >= 4 is 5.84 Å². The Balaban J connectivity index is 1.93. The van der Waals surface area contributed by atoms with Crippen molar-refractivity contribution in [3.8, 4) is 0 Å². The summed E-state index contributed by atoms with van der Waals surface area (Å²) >= 11 is 0. The van der Waals surface area contributed by atoms with Crippen molar-refractivity contribution in [3.63, 3.8) is 0 Å². The molecule has 1 saturated carbocycles. The summed E-state index contributed by atoms with van der Waals surface area (Å²) in [6.07, 6.45) is 9.40. The van der Waals surface area contributed by atoms with E-state index in [0.29, 0.717) is 6.04 Å². The van der Waals surface area contributed by atoms with Gasteiger partial charge >= 0.3 is 0 Å². The molecule has 1 aliphatic heterocycles. The second kappa shape index (κ2) is 4.12. The zero-order valence-electron chi connectivity index (χ0n) is 8.63. The van der Waals surface area contributed by atoms with Crippen LogP contribution in [0.1, 0.15) is 44.9 Å². The summed E-state index contributed by atoms with van der Waals surface area (Å²) in [5, 5.41) is 0. The van der Waals surface area contributed by atoms with E-state index in [-0.39, 0.29) is 0 Å². The van der Waals surface area contributed by atoms with Gasteiger partial charge < -0.3 is 4.90 Å². The molecule has 1 saturated heterocycles. The highest BCUT2D eigenvalue weighted by atomic mass is 15.2. The number of likely N-dealkylation sites (tertiary alicyclic amines) is 1. The fourth-order valence-electron chi connectivity index (χ4n) is 2.38. The topological polar surface area (TPSA) is 15.6 Å². The van der Waals surface area contributed by atoms with Gasteiger partial charge in [-0.25, -0.2) is 0 Å². The second-order valence-corrected chi connectivity index (χ2v) is 4.36. The molecule has 0 N–H and O–H groups in total. The van der Waals surface area contributed by atoms with E-state index in [0.717, 1.165) is 0 Å². The Labute approximate surface area is 81.0 Å². The van der Waals surface area contributed by atoms with Gasteiger partial charge in [-0.15, -0.1) is 0 Å². The normalized spacial score (nSPS) is 28.7. The van der Waals surface area contributed by atoms with Crippen LogP contribution in [0.2, 0.25) is 0 Å². The Hall–Kier alpha value is -0.530. The Morgan fingerprint density at radius 2 is 1.92 bits per heavy atom. The van der Waals surface area contributed by atoms with Crippen molar-refractivity contribution < 1.29 is 0 Å². The molecule has 0 aromatic carbocycles. The molecule has 2 heteroatoms. The van der Waals surface area contributed by atoms with Gasteiger partial charge in [-0.05, 0) is 19.3 Å². The zero-order valence-corrected chi connectivity index (χ0v) is 8.63. The lowest BCUT2D eigenvalue weighted by Crippen LogP contribution is -2.22. The molecular weight excluding hydrogens is 160 g/mol. The van der Waals surface area contributed by atoms with Crippen LogP contribution in [-0.4, -0.2) is 30.4 Å². The zero-order chi connectivity index (χ0) is 9.10. The van der Waals surface area contributed by atoms with Crippen LogP contribution in [0.25, 0.3) is 0 Å². The predicted octanol–water partition coefficient (Wildman–Crippen LogP) is 2.44. The quantitative estimate of drug-likeness (QED) is 0.605. The van der Waals surface area contributed by atoms with Crippen molar-refractivity contribution in [1.29, 1.82) is 0 Å². The summed E-state index contributed by atoms with van der Waals surface area (Å²) in [4.78, 5) is 7.19. The molecule has 0 amide bonds. The Morgan fingerprint density at radius 1 is 1.15 bits per heavy atom. The molecule has 0 atom stereocenters. The summed E-state index contributed by atoms with van der Waals surface area (Å²) in [7, 11) is 2.18. The highest BCUT2D eigenvalue weighted by Gasteiger charge is 2.17. The molecule has 0 radical (unpaired) electrons. The maximum absolute atomic E-state index is 4.86. The number of amidine groups is 1. The lowest BCUT2D eigenvalue weighted by Gasteiger charge is -2.20. The minimum atomic E-state index is 0.657. The van der Waals surface area contributed by atoms with E-state index in [9.17, 15) is 0 Å². The number of hydrogen-bond donors (Lipinski definition) is 0. The van der Waals surface area contributed by atoms with Gasteiger partial charge in [0.2, 0.25) is 0 Å². The molecular formula is C11H20N2. The number of aliphatic imine (C=N–C) groups is 1. The van der Waals surface area contributed by atoms with Crippen LogP contribution in [0.5, 0.6) is 0 Å². The molecule has 2 fully saturated rings. The van der Waals surface area contributed by atoms with Gasteiger partial charge in [0.15, 0.2) is 0 Å². The first kappa shape index (κ1) is 9.04. The molecule has 13 heavy (non-hydrogen) atoms. The first-order valence-electron chi connectivity index (χ1n) is 5.64. The maximum Gasteiger partial charge on any atom is 0.0990 e. The van der Waals surface area contributed by atoms with Crippen LogP contribution < -0.4 is 0 Å². The van der Waals surface area contributed by atoms with Gasteiger partial charge in [0.1, 0.15) is 0 Å². The summed E-state index contributed by atoms with van der Waals surface area (Å²) in [5.41, 5.74) is 0. The molecule has 0 bridgehead atoms. The minimum Gasteiger partial charge on any atom is -0.363 e. The Bertz CT molecular complexity index is 192. The van der Waals surface area contributed by atoms with Gasteiger partial charge in [-0.3, -0.25) is 4.99 Å². The number of rotatable bonds is 1. The van der Waals surface area contributed by atoms with Crippen molar-refractivity contribution in [2.45, 2.75) is 51.0 Å². The highest BCUT2D eigenvalue weighted by Crippen LogP contribution is 2.22.